The van der Waals surface area contributed by atoms with Gasteiger partial charge in [-0.05, 0) is 49.7 Å². The van der Waals surface area contributed by atoms with Crippen LogP contribution in [0.4, 0.5) is 0 Å². The fourth-order valence-electron chi connectivity index (χ4n) is 2.45. The molecule has 1 aliphatic heterocycles. The van der Waals surface area contributed by atoms with Crippen LogP contribution in [-0.4, -0.2) is 31.3 Å². The van der Waals surface area contributed by atoms with Gasteiger partial charge in [0.25, 0.3) is 0 Å². The Labute approximate surface area is 108 Å². The molecule has 4 heteroatoms. The number of ether oxygens (including phenoxy) is 1. The Hall–Kier alpha value is -1.55. The quantitative estimate of drug-likeness (QED) is 0.503. The van der Waals surface area contributed by atoms with Crippen molar-refractivity contribution in [2.24, 2.45) is 10.9 Å². The first-order chi connectivity index (χ1) is 8.83. The normalized spacial score (nSPS) is 17.2. The molecule has 0 amide bonds. The summed E-state index contributed by atoms with van der Waals surface area (Å²) in [4.78, 5) is 2.48. The molecule has 1 aliphatic rings. The van der Waals surface area contributed by atoms with Crippen molar-refractivity contribution < 1.29 is 4.74 Å². The van der Waals surface area contributed by atoms with Crippen LogP contribution in [0.5, 0.6) is 5.75 Å². The number of methoxy groups -OCH3 is 1. The molecule has 0 bridgehead atoms. The van der Waals surface area contributed by atoms with E-state index in [9.17, 15) is 0 Å². The standard InChI is InChI=1S/C14H21N3O/c1-18-14-6-5-12(10-16-15)9-13(14)11-17-7-3-2-4-8-17/h5-6,9-10H,2-4,7-8,11,15H2,1H3. The average molecular weight is 247 g/mol. The number of hydrazone groups is 1. The van der Waals surface area contributed by atoms with E-state index in [1.54, 1.807) is 13.3 Å². The van der Waals surface area contributed by atoms with Crippen LogP contribution in [0.2, 0.25) is 0 Å². The van der Waals surface area contributed by atoms with E-state index in [2.05, 4.69) is 16.1 Å². The first-order valence-electron chi connectivity index (χ1n) is 6.46. The van der Waals surface area contributed by atoms with Crippen molar-refractivity contribution in [2.75, 3.05) is 20.2 Å². The number of piperidine rings is 1. The molecule has 1 heterocycles. The van der Waals surface area contributed by atoms with Crippen LogP contribution in [0.3, 0.4) is 0 Å². The summed E-state index contributed by atoms with van der Waals surface area (Å²) in [6.45, 7) is 3.30. The van der Waals surface area contributed by atoms with Gasteiger partial charge in [-0.3, -0.25) is 4.90 Å². The van der Waals surface area contributed by atoms with E-state index in [1.165, 1.54) is 37.9 Å². The lowest BCUT2D eigenvalue weighted by Gasteiger charge is -2.27. The number of nitrogens with two attached hydrogens (primary N) is 1. The van der Waals surface area contributed by atoms with Crippen molar-refractivity contribution in [1.29, 1.82) is 0 Å². The van der Waals surface area contributed by atoms with E-state index >= 15 is 0 Å². The Morgan fingerprint density at radius 2 is 2.11 bits per heavy atom. The van der Waals surface area contributed by atoms with E-state index < -0.39 is 0 Å². The summed E-state index contributed by atoms with van der Waals surface area (Å²) in [6, 6.07) is 6.05. The topological polar surface area (TPSA) is 50.9 Å². The molecule has 1 saturated heterocycles. The molecule has 2 rings (SSSR count). The summed E-state index contributed by atoms with van der Waals surface area (Å²) in [5, 5.41) is 3.57. The fraction of sp³-hybridized carbons (Fsp3) is 0.500. The number of hydrogen-bond acceptors (Lipinski definition) is 4. The average Bonchev–Trinajstić information content (AvgIpc) is 2.41. The highest BCUT2D eigenvalue weighted by atomic mass is 16.5. The molecule has 0 unspecified atom stereocenters. The van der Waals surface area contributed by atoms with Crippen LogP contribution >= 0.6 is 0 Å². The van der Waals surface area contributed by atoms with Gasteiger partial charge < -0.3 is 10.6 Å². The molecule has 0 radical (unpaired) electrons. The molecule has 2 N–H and O–H groups in total. The van der Waals surface area contributed by atoms with E-state index in [0.29, 0.717) is 0 Å². The molecule has 1 fully saturated rings. The van der Waals surface area contributed by atoms with Crippen LogP contribution in [0.15, 0.2) is 23.3 Å². The number of benzene rings is 1. The van der Waals surface area contributed by atoms with E-state index in [-0.39, 0.29) is 0 Å². The summed E-state index contributed by atoms with van der Waals surface area (Å²) >= 11 is 0. The minimum absolute atomic E-state index is 0.940. The number of nitrogens with zero attached hydrogens (tertiary/aromatic N) is 2. The maximum absolute atomic E-state index is 5.42. The van der Waals surface area contributed by atoms with E-state index in [0.717, 1.165) is 17.9 Å². The SMILES string of the molecule is COc1ccc(C=NN)cc1CN1CCCCC1. The second-order valence-electron chi connectivity index (χ2n) is 4.69. The third-order valence-corrected chi connectivity index (χ3v) is 3.37. The summed E-state index contributed by atoms with van der Waals surface area (Å²) < 4.78 is 5.42. The Balaban J connectivity index is 2.14. The van der Waals surface area contributed by atoms with Crippen LogP contribution in [-0.2, 0) is 6.54 Å². The minimum Gasteiger partial charge on any atom is -0.496 e. The summed E-state index contributed by atoms with van der Waals surface area (Å²) in [5.41, 5.74) is 2.22. The predicted molar refractivity (Wildman–Crippen MR) is 73.9 cm³/mol. The van der Waals surface area contributed by atoms with Gasteiger partial charge in [0.15, 0.2) is 0 Å². The van der Waals surface area contributed by atoms with Crippen LogP contribution in [0, 0.1) is 0 Å². The molecule has 18 heavy (non-hydrogen) atoms. The third kappa shape index (κ3) is 3.23. The summed E-state index contributed by atoms with van der Waals surface area (Å²) in [5.74, 6) is 6.13. The Bertz CT molecular complexity index is 412. The first-order valence-corrected chi connectivity index (χ1v) is 6.46. The Kier molecular flexibility index (Phi) is 4.59. The maximum atomic E-state index is 5.42. The number of likely N-dealkylation sites (tertiary alicyclic amines) is 1. The summed E-state index contributed by atoms with van der Waals surface area (Å²) in [7, 11) is 1.71. The van der Waals surface area contributed by atoms with Crippen molar-refractivity contribution in [2.45, 2.75) is 25.8 Å². The highest BCUT2D eigenvalue weighted by molar-refractivity contribution is 5.80. The Morgan fingerprint density at radius 1 is 1.33 bits per heavy atom. The molecule has 0 spiro atoms. The van der Waals surface area contributed by atoms with Gasteiger partial charge in [-0.1, -0.05) is 6.42 Å². The first kappa shape index (κ1) is 12.9. The maximum Gasteiger partial charge on any atom is 0.123 e. The largest absolute Gasteiger partial charge is 0.496 e. The van der Waals surface area contributed by atoms with Gasteiger partial charge in [0.1, 0.15) is 5.75 Å². The van der Waals surface area contributed by atoms with Crippen LogP contribution in [0.1, 0.15) is 30.4 Å². The molecular weight excluding hydrogens is 226 g/mol. The van der Waals surface area contributed by atoms with E-state index in [1.807, 2.05) is 12.1 Å². The molecule has 0 atom stereocenters. The van der Waals surface area contributed by atoms with Crippen molar-refractivity contribution in [3.8, 4) is 5.75 Å². The van der Waals surface area contributed by atoms with Crippen molar-refractivity contribution >= 4 is 6.21 Å². The smallest absolute Gasteiger partial charge is 0.123 e. The van der Waals surface area contributed by atoms with Crippen LogP contribution in [0.25, 0.3) is 0 Å². The molecule has 0 aromatic heterocycles. The summed E-state index contributed by atoms with van der Waals surface area (Å²) in [6.07, 6.45) is 5.62. The second-order valence-corrected chi connectivity index (χ2v) is 4.69. The number of rotatable bonds is 4. The Morgan fingerprint density at radius 3 is 2.78 bits per heavy atom. The molecule has 1 aromatic carbocycles. The van der Waals surface area contributed by atoms with Crippen molar-refractivity contribution in [3.05, 3.63) is 29.3 Å². The lowest BCUT2D eigenvalue weighted by Crippen LogP contribution is -2.29. The van der Waals surface area contributed by atoms with Gasteiger partial charge >= 0.3 is 0 Å². The predicted octanol–water partition coefficient (Wildman–Crippen LogP) is 1.97. The highest BCUT2D eigenvalue weighted by Crippen LogP contribution is 2.22. The molecule has 0 aliphatic carbocycles. The third-order valence-electron chi connectivity index (χ3n) is 3.37. The van der Waals surface area contributed by atoms with Gasteiger partial charge in [0.05, 0.1) is 13.3 Å². The zero-order chi connectivity index (χ0) is 12.8. The monoisotopic (exact) mass is 247 g/mol. The minimum atomic E-state index is 0.940. The van der Waals surface area contributed by atoms with Crippen molar-refractivity contribution in [3.63, 3.8) is 0 Å². The van der Waals surface area contributed by atoms with Gasteiger partial charge in [0.2, 0.25) is 0 Å². The molecule has 0 saturated carbocycles. The lowest BCUT2D eigenvalue weighted by molar-refractivity contribution is 0.218. The fourth-order valence-corrected chi connectivity index (χ4v) is 2.45. The van der Waals surface area contributed by atoms with Crippen LogP contribution < -0.4 is 10.6 Å². The lowest BCUT2D eigenvalue weighted by atomic mass is 10.1. The second kappa shape index (κ2) is 6.40. The van der Waals surface area contributed by atoms with Gasteiger partial charge in [0, 0.05) is 12.1 Å². The van der Waals surface area contributed by atoms with Gasteiger partial charge in [-0.15, -0.1) is 0 Å². The molecule has 4 nitrogen and oxygen atoms in total. The highest BCUT2D eigenvalue weighted by Gasteiger charge is 2.13. The zero-order valence-corrected chi connectivity index (χ0v) is 10.9. The van der Waals surface area contributed by atoms with Gasteiger partial charge in [-0.2, -0.15) is 5.10 Å². The zero-order valence-electron chi connectivity index (χ0n) is 10.9. The molecule has 1 aromatic rings. The number of hydrogen-bond donors (Lipinski definition) is 1. The van der Waals surface area contributed by atoms with Crippen molar-refractivity contribution in [1.82, 2.24) is 4.90 Å². The molecule has 98 valence electrons. The van der Waals surface area contributed by atoms with E-state index in [4.69, 9.17) is 10.6 Å². The molecular formula is C14H21N3O. The van der Waals surface area contributed by atoms with Gasteiger partial charge in [-0.25, -0.2) is 0 Å².